The topological polar surface area (TPSA) is 53.9 Å². The van der Waals surface area contributed by atoms with Gasteiger partial charge >= 0.3 is 0 Å². The summed E-state index contributed by atoms with van der Waals surface area (Å²) >= 11 is 0. The van der Waals surface area contributed by atoms with Crippen molar-refractivity contribution < 1.29 is 9.84 Å². The van der Waals surface area contributed by atoms with Crippen LogP contribution in [0.25, 0.3) is 0 Å². The summed E-state index contributed by atoms with van der Waals surface area (Å²) in [5.41, 5.74) is 1.11. The highest BCUT2D eigenvalue weighted by atomic mass is 16.5. The standard InChI is InChI=1S/C15H20N2O2/c18-13-5-3-4-11(9-13)8-12-10-19-15(17-12)14-6-1-2-7-16-14/h3-5,9,12,14,16,18H,1-2,6-8,10H2. The van der Waals surface area contributed by atoms with Gasteiger partial charge in [0.05, 0.1) is 12.1 Å². The molecule has 19 heavy (non-hydrogen) atoms. The number of aromatic hydroxyl groups is 1. The van der Waals surface area contributed by atoms with Gasteiger partial charge in [0.25, 0.3) is 0 Å². The van der Waals surface area contributed by atoms with Crippen LogP contribution in [0.3, 0.4) is 0 Å². The minimum Gasteiger partial charge on any atom is -0.508 e. The van der Waals surface area contributed by atoms with Gasteiger partial charge in [-0.2, -0.15) is 0 Å². The molecule has 0 saturated carbocycles. The van der Waals surface area contributed by atoms with E-state index < -0.39 is 0 Å². The van der Waals surface area contributed by atoms with Crippen molar-refractivity contribution in [3.8, 4) is 5.75 Å². The third-order valence-electron chi connectivity index (χ3n) is 3.72. The Morgan fingerprint density at radius 2 is 2.32 bits per heavy atom. The van der Waals surface area contributed by atoms with Crippen molar-refractivity contribution in [1.82, 2.24) is 5.32 Å². The lowest BCUT2D eigenvalue weighted by molar-refractivity contribution is 0.291. The predicted octanol–water partition coefficient (Wildman–Crippen LogP) is 1.87. The number of benzene rings is 1. The third kappa shape index (κ3) is 3.07. The molecule has 0 aliphatic carbocycles. The Balaban J connectivity index is 1.62. The van der Waals surface area contributed by atoms with E-state index in [1.165, 1.54) is 12.8 Å². The van der Waals surface area contributed by atoms with Gasteiger partial charge in [-0.3, -0.25) is 0 Å². The van der Waals surface area contributed by atoms with Gasteiger partial charge in [0, 0.05) is 0 Å². The highest BCUT2D eigenvalue weighted by Crippen LogP contribution is 2.19. The first-order valence-corrected chi connectivity index (χ1v) is 7.03. The molecule has 2 aliphatic heterocycles. The maximum atomic E-state index is 9.47. The normalized spacial score (nSPS) is 26.8. The van der Waals surface area contributed by atoms with E-state index in [4.69, 9.17) is 4.74 Å². The molecule has 102 valence electrons. The molecule has 2 N–H and O–H groups in total. The van der Waals surface area contributed by atoms with Crippen molar-refractivity contribution in [2.45, 2.75) is 37.8 Å². The van der Waals surface area contributed by atoms with Gasteiger partial charge in [-0.1, -0.05) is 18.6 Å². The van der Waals surface area contributed by atoms with Crippen LogP contribution in [-0.4, -0.2) is 36.2 Å². The highest BCUT2D eigenvalue weighted by Gasteiger charge is 2.26. The molecule has 1 aromatic rings. The van der Waals surface area contributed by atoms with Crippen molar-refractivity contribution in [2.75, 3.05) is 13.2 Å². The van der Waals surface area contributed by atoms with Crippen LogP contribution < -0.4 is 5.32 Å². The van der Waals surface area contributed by atoms with E-state index in [1.807, 2.05) is 12.1 Å². The number of nitrogens with one attached hydrogen (secondary N) is 1. The molecule has 4 nitrogen and oxygen atoms in total. The summed E-state index contributed by atoms with van der Waals surface area (Å²) in [6.07, 6.45) is 4.44. The second-order valence-corrected chi connectivity index (χ2v) is 5.31. The number of phenolic OH excluding ortho intramolecular Hbond substituents is 1. The summed E-state index contributed by atoms with van der Waals surface area (Å²) < 4.78 is 5.73. The van der Waals surface area contributed by atoms with Crippen LogP contribution in [0.1, 0.15) is 24.8 Å². The van der Waals surface area contributed by atoms with E-state index in [9.17, 15) is 5.11 Å². The number of ether oxygens (including phenoxy) is 1. The molecule has 1 aromatic carbocycles. The number of hydrogen-bond acceptors (Lipinski definition) is 4. The minimum atomic E-state index is 0.181. The fraction of sp³-hybridized carbons (Fsp3) is 0.533. The first-order valence-electron chi connectivity index (χ1n) is 7.03. The lowest BCUT2D eigenvalue weighted by atomic mass is 10.0. The van der Waals surface area contributed by atoms with E-state index >= 15 is 0 Å². The Bertz CT molecular complexity index is 467. The molecule has 1 fully saturated rings. The lowest BCUT2D eigenvalue weighted by Gasteiger charge is -2.22. The monoisotopic (exact) mass is 260 g/mol. The molecule has 2 atom stereocenters. The second-order valence-electron chi connectivity index (χ2n) is 5.31. The zero-order valence-corrected chi connectivity index (χ0v) is 11.0. The molecule has 0 radical (unpaired) electrons. The molecule has 2 aliphatic rings. The van der Waals surface area contributed by atoms with Crippen LogP contribution in [0.15, 0.2) is 29.3 Å². The minimum absolute atomic E-state index is 0.181. The Kier molecular flexibility index (Phi) is 3.69. The molecule has 4 heteroatoms. The van der Waals surface area contributed by atoms with E-state index in [0.29, 0.717) is 18.4 Å². The van der Waals surface area contributed by atoms with Crippen molar-refractivity contribution in [3.05, 3.63) is 29.8 Å². The molecule has 0 amide bonds. The molecule has 0 spiro atoms. The summed E-state index contributed by atoms with van der Waals surface area (Å²) in [6.45, 7) is 1.72. The average molecular weight is 260 g/mol. The third-order valence-corrected chi connectivity index (χ3v) is 3.72. The van der Waals surface area contributed by atoms with Crippen LogP contribution in [0.2, 0.25) is 0 Å². The molecular formula is C15H20N2O2. The average Bonchev–Trinajstić information content (AvgIpc) is 2.88. The molecule has 3 rings (SSSR count). The van der Waals surface area contributed by atoms with Crippen LogP contribution in [0, 0.1) is 0 Å². The molecule has 0 aromatic heterocycles. The van der Waals surface area contributed by atoms with Crippen LogP contribution in [0.4, 0.5) is 0 Å². The van der Waals surface area contributed by atoms with Gasteiger partial charge in [0.1, 0.15) is 12.4 Å². The van der Waals surface area contributed by atoms with Gasteiger partial charge in [0.15, 0.2) is 0 Å². The Hall–Kier alpha value is -1.55. The van der Waals surface area contributed by atoms with Crippen molar-refractivity contribution in [1.29, 1.82) is 0 Å². The van der Waals surface area contributed by atoms with E-state index in [1.54, 1.807) is 12.1 Å². The van der Waals surface area contributed by atoms with Gasteiger partial charge in [-0.15, -0.1) is 0 Å². The van der Waals surface area contributed by atoms with Crippen molar-refractivity contribution in [3.63, 3.8) is 0 Å². The SMILES string of the molecule is Oc1cccc(CC2COC(C3CCCCN3)=N2)c1. The van der Waals surface area contributed by atoms with Crippen LogP contribution >= 0.6 is 0 Å². The van der Waals surface area contributed by atoms with Gasteiger partial charge in [0.2, 0.25) is 5.90 Å². The number of aliphatic imine (C=N–C) groups is 1. The predicted molar refractivity (Wildman–Crippen MR) is 74.6 cm³/mol. The van der Waals surface area contributed by atoms with E-state index in [2.05, 4.69) is 10.3 Å². The first-order chi connectivity index (χ1) is 9.31. The fourth-order valence-electron chi connectivity index (χ4n) is 2.75. The summed E-state index contributed by atoms with van der Waals surface area (Å²) in [5, 5.41) is 12.9. The summed E-state index contributed by atoms with van der Waals surface area (Å²) in [5.74, 6) is 1.19. The van der Waals surface area contributed by atoms with Crippen LogP contribution in [0.5, 0.6) is 5.75 Å². The smallest absolute Gasteiger partial charge is 0.201 e. The van der Waals surface area contributed by atoms with Gasteiger partial charge < -0.3 is 15.2 Å². The zero-order chi connectivity index (χ0) is 13.1. The number of hydrogen-bond donors (Lipinski definition) is 2. The fourth-order valence-corrected chi connectivity index (χ4v) is 2.75. The van der Waals surface area contributed by atoms with Crippen LogP contribution in [-0.2, 0) is 11.2 Å². The number of rotatable bonds is 3. The summed E-state index contributed by atoms with van der Waals surface area (Å²) in [4.78, 5) is 4.69. The van der Waals surface area contributed by atoms with E-state index in [0.717, 1.165) is 30.8 Å². The molecule has 0 bridgehead atoms. The van der Waals surface area contributed by atoms with Gasteiger partial charge in [-0.25, -0.2) is 4.99 Å². The highest BCUT2D eigenvalue weighted by molar-refractivity contribution is 5.83. The summed E-state index contributed by atoms with van der Waals surface area (Å²) in [6, 6.07) is 7.87. The lowest BCUT2D eigenvalue weighted by Crippen LogP contribution is -2.40. The zero-order valence-electron chi connectivity index (χ0n) is 11.0. The molecule has 1 saturated heterocycles. The quantitative estimate of drug-likeness (QED) is 0.872. The number of nitrogens with zero attached hydrogens (tertiary/aromatic N) is 1. The molecule has 2 heterocycles. The largest absolute Gasteiger partial charge is 0.508 e. The maximum absolute atomic E-state index is 9.47. The summed E-state index contributed by atoms with van der Waals surface area (Å²) in [7, 11) is 0. The number of piperidine rings is 1. The van der Waals surface area contributed by atoms with Crippen molar-refractivity contribution >= 4 is 5.90 Å². The Morgan fingerprint density at radius 1 is 1.37 bits per heavy atom. The van der Waals surface area contributed by atoms with Crippen molar-refractivity contribution in [2.24, 2.45) is 4.99 Å². The maximum Gasteiger partial charge on any atom is 0.201 e. The Labute approximate surface area is 113 Å². The Morgan fingerprint density at radius 3 is 3.11 bits per heavy atom. The molecular weight excluding hydrogens is 240 g/mol. The first kappa shape index (κ1) is 12.5. The van der Waals surface area contributed by atoms with Gasteiger partial charge in [-0.05, 0) is 43.5 Å². The van der Waals surface area contributed by atoms with E-state index in [-0.39, 0.29) is 6.04 Å². The second kappa shape index (κ2) is 5.61. The number of phenols is 1. The molecule has 2 unspecified atom stereocenters.